The van der Waals surface area contributed by atoms with Crippen molar-refractivity contribution in [1.82, 2.24) is 15.6 Å². The smallest absolute Gasteiger partial charge is 0.154 e. The second-order valence-corrected chi connectivity index (χ2v) is 5.42. The van der Waals surface area contributed by atoms with E-state index in [1.165, 1.54) is 16.7 Å². The minimum absolute atomic E-state index is 0.137. The summed E-state index contributed by atoms with van der Waals surface area (Å²) in [6.45, 7) is 8.46. The lowest BCUT2D eigenvalue weighted by molar-refractivity contribution is 0.301. The Bertz CT molecular complexity index is 623. The number of hydrogen-bond acceptors (Lipinski definition) is 4. The molecule has 21 heavy (non-hydrogen) atoms. The van der Waals surface area contributed by atoms with Gasteiger partial charge in [0.1, 0.15) is 5.69 Å². The van der Waals surface area contributed by atoms with Crippen LogP contribution in [0.2, 0.25) is 0 Å². The van der Waals surface area contributed by atoms with Gasteiger partial charge >= 0.3 is 0 Å². The Morgan fingerprint density at radius 2 is 1.90 bits per heavy atom. The summed E-state index contributed by atoms with van der Waals surface area (Å²) in [5, 5.41) is 11.4. The van der Waals surface area contributed by atoms with Crippen molar-refractivity contribution in [3.63, 3.8) is 0 Å². The molecule has 1 atom stereocenters. The van der Waals surface area contributed by atoms with Crippen LogP contribution >= 0.6 is 0 Å². The molecule has 1 aromatic heterocycles. The highest BCUT2D eigenvalue weighted by Gasteiger charge is 2.21. The molecule has 4 heteroatoms. The van der Waals surface area contributed by atoms with Crippen molar-refractivity contribution < 1.29 is 4.63 Å². The number of aromatic nitrogens is 2. The second-order valence-electron chi connectivity index (χ2n) is 5.42. The standard InChI is InChI=1S/C17H23N3O/c1-6-7-15(18-5)17-16(19-21-20-17)13(4)14-9-11(2)8-12(3)10-14/h7-10,13,18H,6H2,1-5H3/b15-7+. The topological polar surface area (TPSA) is 51.0 Å². The van der Waals surface area contributed by atoms with Crippen molar-refractivity contribution in [3.05, 3.63) is 52.4 Å². The van der Waals surface area contributed by atoms with E-state index in [9.17, 15) is 0 Å². The summed E-state index contributed by atoms with van der Waals surface area (Å²) in [6, 6.07) is 6.56. The third-order valence-electron chi connectivity index (χ3n) is 3.60. The molecule has 1 heterocycles. The van der Waals surface area contributed by atoms with Gasteiger partial charge in [-0.15, -0.1) is 0 Å². The van der Waals surface area contributed by atoms with E-state index >= 15 is 0 Å². The minimum Gasteiger partial charge on any atom is -0.386 e. The molecule has 112 valence electrons. The Hall–Kier alpha value is -2.10. The summed E-state index contributed by atoms with van der Waals surface area (Å²) in [6.07, 6.45) is 3.03. The Kier molecular flexibility index (Phi) is 4.78. The summed E-state index contributed by atoms with van der Waals surface area (Å²) in [5.41, 5.74) is 6.38. The van der Waals surface area contributed by atoms with E-state index in [0.29, 0.717) is 0 Å². The van der Waals surface area contributed by atoms with Crippen molar-refractivity contribution in [2.24, 2.45) is 0 Å². The van der Waals surface area contributed by atoms with Crippen LogP contribution in [-0.2, 0) is 0 Å². The summed E-state index contributed by atoms with van der Waals surface area (Å²) >= 11 is 0. The number of nitrogens with zero attached hydrogens (tertiary/aromatic N) is 2. The second kappa shape index (κ2) is 6.57. The zero-order valence-electron chi connectivity index (χ0n) is 13.4. The van der Waals surface area contributed by atoms with Crippen molar-refractivity contribution in [1.29, 1.82) is 0 Å². The van der Waals surface area contributed by atoms with E-state index in [0.717, 1.165) is 23.5 Å². The Balaban J connectivity index is 2.42. The van der Waals surface area contributed by atoms with E-state index in [1.807, 2.05) is 7.05 Å². The largest absolute Gasteiger partial charge is 0.386 e. The fourth-order valence-electron chi connectivity index (χ4n) is 2.61. The summed E-state index contributed by atoms with van der Waals surface area (Å²) in [5.74, 6) is 0.137. The Labute approximate surface area is 126 Å². The van der Waals surface area contributed by atoms with E-state index in [-0.39, 0.29) is 5.92 Å². The van der Waals surface area contributed by atoms with Crippen LogP contribution in [0.5, 0.6) is 0 Å². The summed E-state index contributed by atoms with van der Waals surface area (Å²) in [4.78, 5) is 0. The normalized spacial score (nSPS) is 13.3. The number of aryl methyl sites for hydroxylation is 2. The predicted molar refractivity (Wildman–Crippen MR) is 85.1 cm³/mol. The zero-order valence-corrected chi connectivity index (χ0v) is 13.4. The quantitative estimate of drug-likeness (QED) is 0.907. The van der Waals surface area contributed by atoms with Gasteiger partial charge in [-0.1, -0.05) is 54.4 Å². The van der Waals surface area contributed by atoms with E-state index < -0.39 is 0 Å². The molecule has 2 rings (SSSR count). The van der Waals surface area contributed by atoms with Gasteiger partial charge in [0, 0.05) is 13.0 Å². The molecular weight excluding hydrogens is 262 g/mol. The van der Waals surface area contributed by atoms with Gasteiger partial charge in [-0.05, 0) is 31.0 Å². The average molecular weight is 285 g/mol. The molecule has 0 saturated heterocycles. The van der Waals surface area contributed by atoms with Gasteiger partial charge in [0.15, 0.2) is 5.69 Å². The molecule has 0 spiro atoms. The van der Waals surface area contributed by atoms with Crippen molar-refractivity contribution in [2.75, 3.05) is 7.05 Å². The van der Waals surface area contributed by atoms with Crippen LogP contribution < -0.4 is 5.32 Å². The first-order valence-electron chi connectivity index (χ1n) is 7.35. The highest BCUT2D eigenvalue weighted by molar-refractivity contribution is 5.62. The molecule has 0 aliphatic carbocycles. The summed E-state index contributed by atoms with van der Waals surface area (Å²) < 4.78 is 5.00. The fourth-order valence-corrected chi connectivity index (χ4v) is 2.61. The van der Waals surface area contributed by atoms with Gasteiger partial charge < -0.3 is 5.32 Å². The minimum atomic E-state index is 0.137. The van der Waals surface area contributed by atoms with Gasteiger partial charge in [0.25, 0.3) is 0 Å². The molecule has 0 fully saturated rings. The van der Waals surface area contributed by atoms with Gasteiger partial charge in [-0.25, -0.2) is 4.63 Å². The van der Waals surface area contributed by atoms with Crippen LogP contribution in [0.4, 0.5) is 0 Å². The molecule has 0 aliphatic heterocycles. The molecule has 1 aromatic carbocycles. The van der Waals surface area contributed by atoms with Crippen LogP contribution in [0.15, 0.2) is 28.9 Å². The van der Waals surface area contributed by atoms with Crippen LogP contribution in [0, 0.1) is 13.8 Å². The first-order valence-corrected chi connectivity index (χ1v) is 7.35. The molecule has 4 nitrogen and oxygen atoms in total. The predicted octanol–water partition coefficient (Wildman–Crippen LogP) is 3.81. The van der Waals surface area contributed by atoms with Crippen molar-refractivity contribution in [3.8, 4) is 0 Å². The number of hydrogen-bond donors (Lipinski definition) is 1. The van der Waals surface area contributed by atoms with E-state index in [2.05, 4.69) is 67.6 Å². The molecule has 2 aromatic rings. The van der Waals surface area contributed by atoms with Crippen molar-refractivity contribution in [2.45, 2.75) is 40.0 Å². The van der Waals surface area contributed by atoms with Gasteiger partial charge in [-0.3, -0.25) is 0 Å². The fraction of sp³-hybridized carbons (Fsp3) is 0.412. The lowest BCUT2D eigenvalue weighted by Gasteiger charge is -2.13. The molecular formula is C17H23N3O. The van der Waals surface area contributed by atoms with Crippen molar-refractivity contribution >= 4 is 5.70 Å². The lowest BCUT2D eigenvalue weighted by atomic mass is 9.93. The third kappa shape index (κ3) is 3.32. The monoisotopic (exact) mass is 285 g/mol. The molecule has 0 saturated carbocycles. The average Bonchev–Trinajstić information content (AvgIpc) is 2.92. The molecule has 0 bridgehead atoms. The number of nitrogens with one attached hydrogen (secondary N) is 1. The number of rotatable bonds is 5. The highest BCUT2D eigenvalue weighted by atomic mass is 16.6. The summed E-state index contributed by atoms with van der Waals surface area (Å²) in [7, 11) is 1.89. The first-order chi connectivity index (χ1) is 10.1. The SMILES string of the molecule is CC/C=C(/NC)c1nonc1C(C)c1cc(C)cc(C)c1. The lowest BCUT2D eigenvalue weighted by Crippen LogP contribution is -2.09. The maximum absolute atomic E-state index is 5.00. The van der Waals surface area contributed by atoms with Gasteiger partial charge in [0.2, 0.25) is 0 Å². The highest BCUT2D eigenvalue weighted by Crippen LogP contribution is 2.28. The molecule has 1 N–H and O–H groups in total. The van der Waals surface area contributed by atoms with Crippen LogP contribution in [0.1, 0.15) is 54.3 Å². The van der Waals surface area contributed by atoms with Gasteiger partial charge in [0.05, 0.1) is 5.70 Å². The van der Waals surface area contributed by atoms with E-state index in [1.54, 1.807) is 0 Å². The molecule has 0 aliphatic rings. The molecule has 0 radical (unpaired) electrons. The Morgan fingerprint density at radius 3 is 2.48 bits per heavy atom. The molecule has 0 amide bonds. The van der Waals surface area contributed by atoms with Crippen LogP contribution in [-0.4, -0.2) is 17.4 Å². The van der Waals surface area contributed by atoms with E-state index in [4.69, 9.17) is 4.63 Å². The van der Waals surface area contributed by atoms with Crippen LogP contribution in [0.3, 0.4) is 0 Å². The maximum Gasteiger partial charge on any atom is 0.154 e. The maximum atomic E-state index is 5.00. The zero-order chi connectivity index (χ0) is 15.4. The Morgan fingerprint density at radius 1 is 1.24 bits per heavy atom. The third-order valence-corrected chi connectivity index (χ3v) is 3.60. The van der Waals surface area contributed by atoms with Gasteiger partial charge in [-0.2, -0.15) is 0 Å². The number of benzene rings is 1. The number of allylic oxidation sites excluding steroid dienone is 1. The van der Waals surface area contributed by atoms with Crippen LogP contribution in [0.25, 0.3) is 5.70 Å². The first kappa shape index (κ1) is 15.3. The molecule has 1 unspecified atom stereocenters.